The Balaban J connectivity index is 2.00. The fourth-order valence-electron chi connectivity index (χ4n) is 2.12. The van der Waals surface area contributed by atoms with Gasteiger partial charge in [0.25, 0.3) is 0 Å². The molecular weight excluding hydrogens is 419 g/mol. The Labute approximate surface area is 155 Å². The molecule has 1 N–H and O–H groups in total. The average molecular weight is 438 g/mol. The van der Waals surface area contributed by atoms with Crippen molar-refractivity contribution in [2.45, 2.75) is 13.3 Å². The maximum absolute atomic E-state index is 12.1. The molecule has 2 rings (SSSR count). The quantitative estimate of drug-likeness (QED) is 0.428. The highest BCUT2D eigenvalue weighted by molar-refractivity contribution is 14.1. The van der Waals surface area contributed by atoms with E-state index in [4.69, 9.17) is 9.47 Å². The molecular formula is C18H19IN2O3. The third kappa shape index (κ3) is 4.95. The van der Waals surface area contributed by atoms with E-state index in [2.05, 4.69) is 33.1 Å². The average Bonchev–Trinajstić information content (AvgIpc) is 2.60. The van der Waals surface area contributed by atoms with Gasteiger partial charge in [-0.25, -0.2) is 5.43 Å². The van der Waals surface area contributed by atoms with E-state index in [1.54, 1.807) is 26.4 Å². The van der Waals surface area contributed by atoms with Crippen LogP contribution in [0, 0.1) is 3.57 Å². The van der Waals surface area contributed by atoms with Gasteiger partial charge in [-0.05, 0) is 64.9 Å². The van der Waals surface area contributed by atoms with Crippen LogP contribution in [-0.4, -0.2) is 25.8 Å². The summed E-state index contributed by atoms with van der Waals surface area (Å²) in [6.07, 6.45) is 0.212. The number of carbonyl (C=O) groups excluding carboxylic acids is 1. The van der Waals surface area contributed by atoms with Crippen molar-refractivity contribution < 1.29 is 14.3 Å². The highest BCUT2D eigenvalue weighted by Crippen LogP contribution is 2.27. The summed E-state index contributed by atoms with van der Waals surface area (Å²) in [5.41, 5.74) is 5.14. The summed E-state index contributed by atoms with van der Waals surface area (Å²) < 4.78 is 11.6. The van der Waals surface area contributed by atoms with Crippen molar-refractivity contribution in [2.75, 3.05) is 14.2 Å². The molecule has 2 aromatic rings. The van der Waals surface area contributed by atoms with E-state index in [0.717, 1.165) is 20.4 Å². The molecule has 2 aromatic carbocycles. The molecule has 0 saturated heterocycles. The molecule has 0 aliphatic heterocycles. The maximum atomic E-state index is 12.1. The molecule has 24 heavy (non-hydrogen) atoms. The summed E-state index contributed by atoms with van der Waals surface area (Å²) in [6.45, 7) is 1.86. The minimum Gasteiger partial charge on any atom is -0.493 e. The highest BCUT2D eigenvalue weighted by Gasteiger charge is 2.08. The number of hydrogen-bond donors (Lipinski definition) is 1. The number of nitrogens with zero attached hydrogens (tertiary/aromatic N) is 1. The van der Waals surface area contributed by atoms with Gasteiger partial charge in [0.1, 0.15) is 0 Å². The third-order valence-corrected chi connectivity index (χ3v) is 4.14. The second kappa shape index (κ2) is 8.68. The van der Waals surface area contributed by atoms with Crippen LogP contribution in [0.3, 0.4) is 0 Å². The van der Waals surface area contributed by atoms with Crippen molar-refractivity contribution in [3.05, 3.63) is 57.2 Å². The first kappa shape index (κ1) is 18.3. The molecule has 5 nitrogen and oxygen atoms in total. The van der Waals surface area contributed by atoms with Gasteiger partial charge in [0, 0.05) is 3.57 Å². The number of benzene rings is 2. The zero-order valence-electron chi connectivity index (χ0n) is 13.8. The SMILES string of the molecule is COc1ccc(CC(=O)N/N=C(/C)c2ccc(I)cc2)cc1OC. The first-order valence-electron chi connectivity index (χ1n) is 7.33. The first-order chi connectivity index (χ1) is 11.5. The second-order valence-corrected chi connectivity index (χ2v) is 6.35. The molecule has 0 bridgehead atoms. The lowest BCUT2D eigenvalue weighted by Gasteiger charge is -2.09. The zero-order chi connectivity index (χ0) is 17.5. The Morgan fingerprint density at radius 2 is 1.75 bits per heavy atom. The molecule has 126 valence electrons. The molecule has 0 spiro atoms. The number of methoxy groups -OCH3 is 2. The summed E-state index contributed by atoms with van der Waals surface area (Å²) in [4.78, 5) is 12.1. The lowest BCUT2D eigenvalue weighted by atomic mass is 10.1. The van der Waals surface area contributed by atoms with E-state index in [0.29, 0.717) is 11.5 Å². The number of ether oxygens (including phenoxy) is 2. The summed E-state index contributed by atoms with van der Waals surface area (Å²) in [7, 11) is 3.14. The van der Waals surface area contributed by atoms with Crippen LogP contribution in [0.1, 0.15) is 18.1 Å². The van der Waals surface area contributed by atoms with Crippen LogP contribution in [0.15, 0.2) is 47.6 Å². The molecule has 6 heteroatoms. The summed E-state index contributed by atoms with van der Waals surface area (Å²) >= 11 is 2.25. The third-order valence-electron chi connectivity index (χ3n) is 3.42. The van der Waals surface area contributed by atoms with Crippen molar-refractivity contribution in [3.8, 4) is 11.5 Å². The summed E-state index contributed by atoms with van der Waals surface area (Å²) in [5.74, 6) is 1.04. The molecule has 0 saturated carbocycles. The predicted molar refractivity (Wildman–Crippen MR) is 103 cm³/mol. The predicted octanol–water partition coefficient (Wildman–Crippen LogP) is 3.39. The van der Waals surface area contributed by atoms with E-state index in [1.807, 2.05) is 37.3 Å². The zero-order valence-corrected chi connectivity index (χ0v) is 16.0. The summed E-state index contributed by atoms with van der Waals surface area (Å²) in [5, 5.41) is 4.16. The Morgan fingerprint density at radius 1 is 1.08 bits per heavy atom. The number of carbonyl (C=O) groups is 1. The fraction of sp³-hybridized carbons (Fsp3) is 0.222. The van der Waals surface area contributed by atoms with Gasteiger partial charge in [-0.15, -0.1) is 0 Å². The topological polar surface area (TPSA) is 59.9 Å². The van der Waals surface area contributed by atoms with Crippen molar-refractivity contribution in [3.63, 3.8) is 0 Å². The van der Waals surface area contributed by atoms with Crippen molar-refractivity contribution in [2.24, 2.45) is 5.10 Å². The minimum atomic E-state index is -0.188. The molecule has 0 radical (unpaired) electrons. The number of rotatable bonds is 6. The normalized spacial score (nSPS) is 11.1. The van der Waals surface area contributed by atoms with Gasteiger partial charge in [-0.2, -0.15) is 5.10 Å². The standard InChI is InChI=1S/C18H19IN2O3/c1-12(14-5-7-15(19)8-6-14)20-21-18(22)11-13-4-9-16(23-2)17(10-13)24-3/h4-10H,11H2,1-3H3,(H,21,22)/b20-12-. The van der Waals surface area contributed by atoms with Crippen molar-refractivity contribution in [1.82, 2.24) is 5.43 Å². The van der Waals surface area contributed by atoms with Crippen LogP contribution in [-0.2, 0) is 11.2 Å². The van der Waals surface area contributed by atoms with E-state index in [-0.39, 0.29) is 12.3 Å². The van der Waals surface area contributed by atoms with Crippen molar-refractivity contribution in [1.29, 1.82) is 0 Å². The Morgan fingerprint density at radius 3 is 2.38 bits per heavy atom. The summed E-state index contributed by atoms with van der Waals surface area (Å²) in [6, 6.07) is 13.3. The van der Waals surface area contributed by atoms with E-state index in [9.17, 15) is 4.79 Å². The molecule has 0 aliphatic carbocycles. The molecule has 0 fully saturated rings. The van der Waals surface area contributed by atoms with Crippen LogP contribution in [0.2, 0.25) is 0 Å². The molecule has 0 aliphatic rings. The van der Waals surface area contributed by atoms with Crippen LogP contribution in [0.4, 0.5) is 0 Å². The van der Waals surface area contributed by atoms with E-state index < -0.39 is 0 Å². The maximum Gasteiger partial charge on any atom is 0.244 e. The molecule has 0 atom stereocenters. The van der Waals surface area contributed by atoms with Gasteiger partial charge in [0.15, 0.2) is 11.5 Å². The van der Waals surface area contributed by atoms with Crippen LogP contribution < -0.4 is 14.9 Å². The van der Waals surface area contributed by atoms with Gasteiger partial charge in [0.2, 0.25) is 5.91 Å². The minimum absolute atomic E-state index is 0.188. The van der Waals surface area contributed by atoms with Crippen LogP contribution in [0.5, 0.6) is 11.5 Å². The molecule has 0 unspecified atom stereocenters. The molecule has 0 heterocycles. The largest absolute Gasteiger partial charge is 0.493 e. The van der Waals surface area contributed by atoms with Gasteiger partial charge < -0.3 is 9.47 Å². The van der Waals surface area contributed by atoms with Crippen LogP contribution in [0.25, 0.3) is 0 Å². The molecule has 0 aromatic heterocycles. The van der Waals surface area contributed by atoms with Gasteiger partial charge in [0.05, 0.1) is 26.4 Å². The smallest absolute Gasteiger partial charge is 0.244 e. The van der Waals surface area contributed by atoms with E-state index in [1.165, 1.54) is 0 Å². The van der Waals surface area contributed by atoms with E-state index >= 15 is 0 Å². The van der Waals surface area contributed by atoms with Gasteiger partial charge in [-0.3, -0.25) is 4.79 Å². The van der Waals surface area contributed by atoms with Gasteiger partial charge >= 0.3 is 0 Å². The Kier molecular flexibility index (Phi) is 6.60. The second-order valence-electron chi connectivity index (χ2n) is 5.11. The monoisotopic (exact) mass is 438 g/mol. The fourth-order valence-corrected chi connectivity index (χ4v) is 2.48. The number of hydrogen-bond acceptors (Lipinski definition) is 4. The number of amides is 1. The molecule has 1 amide bonds. The first-order valence-corrected chi connectivity index (χ1v) is 8.41. The number of halogens is 1. The Bertz CT molecular complexity index is 742. The van der Waals surface area contributed by atoms with Gasteiger partial charge in [-0.1, -0.05) is 18.2 Å². The lowest BCUT2D eigenvalue weighted by Crippen LogP contribution is -2.21. The number of hydrazone groups is 1. The lowest BCUT2D eigenvalue weighted by molar-refractivity contribution is -0.120. The van der Waals surface area contributed by atoms with Crippen LogP contribution >= 0.6 is 22.6 Å². The Hall–Kier alpha value is -2.09. The number of nitrogens with one attached hydrogen (secondary N) is 1. The van der Waals surface area contributed by atoms with Crippen molar-refractivity contribution >= 4 is 34.2 Å². The highest BCUT2D eigenvalue weighted by atomic mass is 127.